The smallest absolute Gasteiger partial charge is 0.255 e. The summed E-state index contributed by atoms with van der Waals surface area (Å²) in [7, 11) is 0. The number of alkyl halides is 3. The van der Waals surface area contributed by atoms with Crippen molar-refractivity contribution in [1.29, 1.82) is 0 Å². The molecule has 1 aromatic heterocycles. The van der Waals surface area contributed by atoms with E-state index in [9.17, 15) is 8.78 Å². The Morgan fingerprint density at radius 3 is 2.80 bits per heavy atom. The molecule has 0 amide bonds. The molecule has 2 nitrogen and oxygen atoms in total. The van der Waals surface area contributed by atoms with Crippen LogP contribution in [0.5, 0.6) is 0 Å². The Morgan fingerprint density at radius 2 is 2.33 bits per heavy atom. The highest BCUT2D eigenvalue weighted by molar-refractivity contribution is 9.09. The van der Waals surface area contributed by atoms with Gasteiger partial charge in [-0.15, -0.1) is 11.3 Å². The molecule has 0 radical (unpaired) electrons. The second-order valence-electron chi connectivity index (χ2n) is 3.00. The van der Waals surface area contributed by atoms with Gasteiger partial charge < -0.3 is 4.90 Å². The number of halogens is 3. The Hall–Kier alpha value is -0.230. The summed E-state index contributed by atoms with van der Waals surface area (Å²) in [5, 5.41) is 3.27. The third kappa shape index (κ3) is 4.03. The number of rotatable bonds is 6. The number of anilines is 1. The van der Waals surface area contributed by atoms with Gasteiger partial charge in [0.05, 0.1) is 12.2 Å². The molecule has 0 aromatic carbocycles. The van der Waals surface area contributed by atoms with Crippen LogP contribution in [0.2, 0.25) is 0 Å². The van der Waals surface area contributed by atoms with E-state index in [1.165, 1.54) is 11.3 Å². The minimum Gasteiger partial charge on any atom is -0.342 e. The summed E-state index contributed by atoms with van der Waals surface area (Å²) in [6.45, 7) is 2.31. The van der Waals surface area contributed by atoms with Gasteiger partial charge >= 0.3 is 0 Å². The SMILES string of the molecule is CCc1csc(N(CCBr)CC(F)F)n1. The summed E-state index contributed by atoms with van der Waals surface area (Å²) in [6, 6.07) is 0. The van der Waals surface area contributed by atoms with Crippen molar-refractivity contribution in [3.63, 3.8) is 0 Å². The van der Waals surface area contributed by atoms with Crippen molar-refractivity contribution in [2.45, 2.75) is 19.8 Å². The first-order valence-electron chi connectivity index (χ1n) is 4.70. The van der Waals surface area contributed by atoms with E-state index in [2.05, 4.69) is 20.9 Å². The Morgan fingerprint density at radius 1 is 1.60 bits per heavy atom. The van der Waals surface area contributed by atoms with Crippen molar-refractivity contribution in [2.75, 3.05) is 23.3 Å². The summed E-state index contributed by atoms with van der Waals surface area (Å²) in [5.41, 5.74) is 0.962. The Bertz CT molecular complexity index is 293. The third-order valence-corrected chi connectivity index (χ3v) is 3.19. The number of hydrogen-bond acceptors (Lipinski definition) is 3. The normalized spacial score (nSPS) is 11.0. The summed E-state index contributed by atoms with van der Waals surface area (Å²) < 4.78 is 24.6. The maximum atomic E-state index is 12.3. The zero-order chi connectivity index (χ0) is 11.3. The molecule has 6 heteroatoms. The van der Waals surface area contributed by atoms with Gasteiger partial charge in [0, 0.05) is 17.3 Å². The summed E-state index contributed by atoms with van der Waals surface area (Å²) in [5.74, 6) is 0. The fourth-order valence-corrected chi connectivity index (χ4v) is 2.51. The van der Waals surface area contributed by atoms with Crippen molar-refractivity contribution in [3.05, 3.63) is 11.1 Å². The highest BCUT2D eigenvalue weighted by atomic mass is 79.9. The van der Waals surface area contributed by atoms with E-state index >= 15 is 0 Å². The average molecular weight is 299 g/mol. The van der Waals surface area contributed by atoms with Crippen LogP contribution < -0.4 is 4.90 Å². The highest BCUT2D eigenvalue weighted by Gasteiger charge is 2.15. The van der Waals surface area contributed by atoms with Gasteiger partial charge in [0.15, 0.2) is 5.13 Å². The number of thiazole rings is 1. The molecule has 15 heavy (non-hydrogen) atoms. The molecule has 0 saturated carbocycles. The second-order valence-corrected chi connectivity index (χ2v) is 4.63. The summed E-state index contributed by atoms with van der Waals surface area (Å²) in [4.78, 5) is 5.91. The van der Waals surface area contributed by atoms with E-state index in [0.29, 0.717) is 17.0 Å². The minimum atomic E-state index is -2.32. The molecule has 0 unspecified atom stereocenters. The topological polar surface area (TPSA) is 16.1 Å². The van der Waals surface area contributed by atoms with Gasteiger partial charge in [0.1, 0.15) is 0 Å². The molecule has 0 atom stereocenters. The van der Waals surface area contributed by atoms with E-state index in [1.807, 2.05) is 12.3 Å². The van der Waals surface area contributed by atoms with Crippen LogP contribution >= 0.6 is 27.3 Å². The van der Waals surface area contributed by atoms with Crippen molar-refractivity contribution in [2.24, 2.45) is 0 Å². The van der Waals surface area contributed by atoms with Crippen LogP contribution in [0.25, 0.3) is 0 Å². The number of hydrogen-bond donors (Lipinski definition) is 0. The number of aryl methyl sites for hydroxylation is 1. The van der Waals surface area contributed by atoms with Crippen LogP contribution in [0.3, 0.4) is 0 Å². The molecular weight excluding hydrogens is 286 g/mol. The van der Waals surface area contributed by atoms with Crippen LogP contribution in [0.4, 0.5) is 13.9 Å². The maximum Gasteiger partial charge on any atom is 0.255 e. The number of aromatic nitrogens is 1. The molecule has 1 heterocycles. The van der Waals surface area contributed by atoms with Gasteiger partial charge in [-0.3, -0.25) is 0 Å². The van der Waals surface area contributed by atoms with Crippen LogP contribution in [0, 0.1) is 0 Å². The van der Waals surface area contributed by atoms with Crippen molar-refractivity contribution in [3.8, 4) is 0 Å². The van der Waals surface area contributed by atoms with Gasteiger partial charge in [0.2, 0.25) is 0 Å². The van der Waals surface area contributed by atoms with Gasteiger partial charge in [-0.1, -0.05) is 22.9 Å². The van der Waals surface area contributed by atoms with Gasteiger partial charge in [-0.2, -0.15) is 0 Å². The predicted octanol–water partition coefficient (Wildman–Crippen LogP) is 3.17. The molecule has 1 aromatic rings. The predicted molar refractivity (Wildman–Crippen MR) is 63.5 cm³/mol. The molecular formula is C9H13BrF2N2S. The Labute approximate surface area is 100 Å². The zero-order valence-corrected chi connectivity index (χ0v) is 10.8. The molecule has 0 bridgehead atoms. The molecule has 0 aliphatic heterocycles. The fourth-order valence-electron chi connectivity index (χ4n) is 1.14. The second kappa shape index (κ2) is 6.37. The fraction of sp³-hybridized carbons (Fsp3) is 0.667. The lowest BCUT2D eigenvalue weighted by Gasteiger charge is -2.19. The van der Waals surface area contributed by atoms with E-state index in [1.54, 1.807) is 4.90 Å². The Balaban J connectivity index is 2.69. The van der Waals surface area contributed by atoms with E-state index in [0.717, 1.165) is 12.1 Å². The maximum absolute atomic E-state index is 12.3. The van der Waals surface area contributed by atoms with E-state index in [4.69, 9.17) is 0 Å². The molecule has 0 N–H and O–H groups in total. The van der Waals surface area contributed by atoms with Gasteiger partial charge in [-0.25, -0.2) is 13.8 Å². The molecule has 0 aliphatic rings. The van der Waals surface area contributed by atoms with Crippen LogP contribution in [0.15, 0.2) is 5.38 Å². The quantitative estimate of drug-likeness (QED) is 0.750. The molecule has 86 valence electrons. The van der Waals surface area contributed by atoms with E-state index in [-0.39, 0.29) is 6.54 Å². The Kier molecular flexibility index (Phi) is 5.45. The van der Waals surface area contributed by atoms with Crippen LogP contribution in [-0.2, 0) is 6.42 Å². The van der Waals surface area contributed by atoms with Crippen LogP contribution in [-0.4, -0.2) is 29.8 Å². The van der Waals surface area contributed by atoms with Crippen LogP contribution in [0.1, 0.15) is 12.6 Å². The molecule has 1 rings (SSSR count). The highest BCUT2D eigenvalue weighted by Crippen LogP contribution is 2.21. The molecule has 0 spiro atoms. The van der Waals surface area contributed by atoms with Crippen molar-refractivity contribution in [1.82, 2.24) is 4.98 Å². The lowest BCUT2D eigenvalue weighted by molar-refractivity contribution is 0.155. The van der Waals surface area contributed by atoms with E-state index < -0.39 is 6.43 Å². The monoisotopic (exact) mass is 298 g/mol. The summed E-state index contributed by atoms with van der Waals surface area (Å²) in [6.07, 6.45) is -1.48. The van der Waals surface area contributed by atoms with Gasteiger partial charge in [-0.05, 0) is 6.42 Å². The first-order valence-corrected chi connectivity index (χ1v) is 6.71. The summed E-state index contributed by atoms with van der Waals surface area (Å²) >= 11 is 4.68. The van der Waals surface area contributed by atoms with Crippen molar-refractivity contribution >= 4 is 32.4 Å². The van der Waals surface area contributed by atoms with Gasteiger partial charge in [0.25, 0.3) is 6.43 Å². The molecule has 0 aliphatic carbocycles. The largest absolute Gasteiger partial charge is 0.342 e. The van der Waals surface area contributed by atoms with Crippen molar-refractivity contribution < 1.29 is 8.78 Å². The zero-order valence-electron chi connectivity index (χ0n) is 8.42. The molecule has 0 saturated heterocycles. The first-order chi connectivity index (χ1) is 7.17. The number of nitrogens with zero attached hydrogens (tertiary/aromatic N) is 2. The molecule has 0 fully saturated rings. The average Bonchev–Trinajstić information content (AvgIpc) is 2.64. The third-order valence-electron chi connectivity index (χ3n) is 1.89. The minimum absolute atomic E-state index is 0.248. The first kappa shape index (κ1) is 12.8. The lowest BCUT2D eigenvalue weighted by atomic mass is 10.4. The standard InChI is InChI=1S/C9H13BrF2N2S/c1-2-7-6-15-9(13-7)14(4-3-10)5-8(11)12/h6,8H,2-5H2,1H3. The lowest BCUT2D eigenvalue weighted by Crippen LogP contribution is -2.30.